The second kappa shape index (κ2) is 3.84. The highest BCUT2D eigenvalue weighted by Crippen LogP contribution is 2.04. The summed E-state index contributed by atoms with van der Waals surface area (Å²) < 4.78 is 0.752. The number of rotatable bonds is 1. The lowest BCUT2D eigenvalue weighted by Crippen LogP contribution is -1.74. The molecule has 0 aromatic rings. The summed E-state index contributed by atoms with van der Waals surface area (Å²) in [5, 5.41) is 8.19. The van der Waals surface area contributed by atoms with Crippen LogP contribution < -0.4 is 0 Å². The van der Waals surface area contributed by atoms with E-state index in [1.54, 1.807) is 4.99 Å². The summed E-state index contributed by atoms with van der Waals surface area (Å²) in [6, 6.07) is 0. The fourth-order valence-electron chi connectivity index (χ4n) is 0.0345. The number of hydrogen-bond acceptors (Lipinski definition) is 1. The second-order valence-electron chi connectivity index (χ2n) is 0.714. The molecule has 36 valence electrons. The first-order chi connectivity index (χ1) is 2.81. The molecule has 1 nitrogen and oxygen atoms in total. The third-order valence-electron chi connectivity index (χ3n) is 0.269. The van der Waals surface area contributed by atoms with Crippen LogP contribution in [0.2, 0.25) is 0 Å². The molecule has 0 aromatic heterocycles. The van der Waals surface area contributed by atoms with Crippen LogP contribution in [0.3, 0.4) is 0 Å². The summed E-state index contributed by atoms with van der Waals surface area (Å²) in [6.45, 7) is 0.0608. The molecule has 0 fully saturated rings. The van der Waals surface area contributed by atoms with Crippen LogP contribution in [0, 0.1) is 0 Å². The Bertz CT molecular complexity index is 59.8. The molecule has 0 heterocycles. The summed E-state index contributed by atoms with van der Waals surface area (Å²) >= 11 is 6.05. The summed E-state index contributed by atoms with van der Waals surface area (Å²) in [5.41, 5.74) is 0. The van der Waals surface area contributed by atoms with Gasteiger partial charge in [0.25, 0.3) is 0 Å². The van der Waals surface area contributed by atoms with Crippen molar-refractivity contribution in [1.82, 2.24) is 0 Å². The van der Waals surface area contributed by atoms with E-state index >= 15 is 0 Å². The molecule has 0 aliphatic heterocycles. The van der Waals surface area contributed by atoms with Gasteiger partial charge >= 0.3 is 0 Å². The van der Waals surface area contributed by atoms with E-state index in [0.717, 1.165) is 4.48 Å². The van der Waals surface area contributed by atoms with Crippen molar-refractivity contribution in [3.05, 3.63) is 9.47 Å². The molecule has 0 aromatic carbocycles. The van der Waals surface area contributed by atoms with Crippen molar-refractivity contribution >= 4 is 31.9 Å². The molecule has 0 radical (unpaired) electrons. The highest BCUT2D eigenvalue weighted by atomic mass is 79.9. The van der Waals surface area contributed by atoms with Gasteiger partial charge in [-0.2, -0.15) is 0 Å². The lowest BCUT2D eigenvalue weighted by atomic mass is 10.7. The van der Waals surface area contributed by atoms with E-state index in [1.165, 1.54) is 0 Å². The number of aliphatic hydroxyl groups is 1. The fourth-order valence-corrected chi connectivity index (χ4v) is 0.179. The predicted octanol–water partition coefficient (Wildman–Crippen LogP) is 1.61. The molecule has 0 aliphatic rings. The standard InChI is InChI=1S/C3H4Br2O/c4-1-3(5)2-6/h1,6H,2H2. The number of halogens is 2. The molecule has 0 spiro atoms. The van der Waals surface area contributed by atoms with Gasteiger partial charge in [-0.3, -0.25) is 0 Å². The predicted molar refractivity (Wildman–Crippen MR) is 33.0 cm³/mol. The van der Waals surface area contributed by atoms with Crippen LogP contribution in [0.1, 0.15) is 0 Å². The van der Waals surface area contributed by atoms with Crippen LogP contribution in [0.15, 0.2) is 9.47 Å². The van der Waals surface area contributed by atoms with Gasteiger partial charge in [0, 0.05) is 4.48 Å². The Hall–Kier alpha value is 0.660. The third kappa shape index (κ3) is 2.87. The Morgan fingerprint density at radius 1 is 1.83 bits per heavy atom. The average molecular weight is 216 g/mol. The SMILES string of the molecule is OCC(Br)=CBr. The van der Waals surface area contributed by atoms with Gasteiger partial charge in [0.2, 0.25) is 0 Å². The highest BCUT2D eigenvalue weighted by Gasteiger charge is 1.78. The van der Waals surface area contributed by atoms with Gasteiger partial charge < -0.3 is 5.11 Å². The monoisotopic (exact) mass is 214 g/mol. The molecule has 0 atom stereocenters. The van der Waals surface area contributed by atoms with Gasteiger partial charge in [-0.15, -0.1) is 0 Å². The van der Waals surface area contributed by atoms with Crippen LogP contribution in [0.25, 0.3) is 0 Å². The van der Waals surface area contributed by atoms with E-state index in [1.807, 2.05) is 0 Å². The summed E-state index contributed by atoms with van der Waals surface area (Å²) in [5.74, 6) is 0. The second-order valence-corrected chi connectivity index (χ2v) is 2.19. The molecule has 0 unspecified atom stereocenters. The van der Waals surface area contributed by atoms with E-state index < -0.39 is 0 Å². The van der Waals surface area contributed by atoms with Gasteiger partial charge in [0.1, 0.15) is 0 Å². The molecule has 0 aliphatic carbocycles. The average Bonchev–Trinajstić information content (AvgIpc) is 1.65. The van der Waals surface area contributed by atoms with Gasteiger partial charge in [-0.1, -0.05) is 31.9 Å². The van der Waals surface area contributed by atoms with Crippen molar-refractivity contribution in [2.75, 3.05) is 6.61 Å². The fraction of sp³-hybridized carbons (Fsp3) is 0.333. The molecular formula is C3H4Br2O. The summed E-state index contributed by atoms with van der Waals surface area (Å²) in [7, 11) is 0. The Labute approximate surface area is 53.3 Å². The summed E-state index contributed by atoms with van der Waals surface area (Å²) in [6.07, 6.45) is 0. The first-order valence-corrected chi connectivity index (χ1v) is 3.07. The normalized spacial score (nSPS) is 12.2. The van der Waals surface area contributed by atoms with E-state index in [2.05, 4.69) is 31.9 Å². The minimum Gasteiger partial charge on any atom is -0.391 e. The first kappa shape index (κ1) is 6.66. The van der Waals surface area contributed by atoms with Crippen LogP contribution in [0.5, 0.6) is 0 Å². The van der Waals surface area contributed by atoms with Crippen LogP contribution >= 0.6 is 31.9 Å². The molecular weight excluding hydrogens is 212 g/mol. The Morgan fingerprint density at radius 2 is 2.33 bits per heavy atom. The minimum absolute atomic E-state index is 0.0608. The van der Waals surface area contributed by atoms with Crippen LogP contribution in [0.4, 0.5) is 0 Å². The molecule has 0 bridgehead atoms. The van der Waals surface area contributed by atoms with Gasteiger partial charge in [0.15, 0.2) is 0 Å². The molecule has 0 saturated heterocycles. The topological polar surface area (TPSA) is 20.2 Å². The summed E-state index contributed by atoms with van der Waals surface area (Å²) in [4.78, 5) is 1.62. The minimum atomic E-state index is 0.0608. The molecule has 0 rings (SSSR count). The zero-order valence-electron chi connectivity index (χ0n) is 2.99. The van der Waals surface area contributed by atoms with Crippen LogP contribution in [-0.4, -0.2) is 11.7 Å². The quantitative estimate of drug-likeness (QED) is 0.705. The van der Waals surface area contributed by atoms with Crippen LogP contribution in [-0.2, 0) is 0 Å². The molecule has 0 saturated carbocycles. The van der Waals surface area contributed by atoms with Gasteiger partial charge in [-0.05, 0) is 4.99 Å². The van der Waals surface area contributed by atoms with E-state index in [0.29, 0.717) is 0 Å². The van der Waals surface area contributed by atoms with Gasteiger partial charge in [-0.25, -0.2) is 0 Å². The zero-order valence-corrected chi connectivity index (χ0v) is 6.16. The number of aliphatic hydroxyl groups excluding tert-OH is 1. The maximum atomic E-state index is 8.19. The van der Waals surface area contributed by atoms with E-state index in [-0.39, 0.29) is 6.61 Å². The number of hydrogen-bond donors (Lipinski definition) is 1. The molecule has 1 N–H and O–H groups in total. The van der Waals surface area contributed by atoms with Crippen molar-refractivity contribution in [3.63, 3.8) is 0 Å². The Kier molecular flexibility index (Phi) is 4.26. The largest absolute Gasteiger partial charge is 0.391 e. The maximum Gasteiger partial charge on any atom is 0.0752 e. The molecule has 6 heavy (non-hydrogen) atoms. The van der Waals surface area contributed by atoms with Crippen molar-refractivity contribution < 1.29 is 5.11 Å². The van der Waals surface area contributed by atoms with Gasteiger partial charge in [0.05, 0.1) is 6.61 Å². The van der Waals surface area contributed by atoms with Crippen molar-refractivity contribution in [2.45, 2.75) is 0 Å². The maximum absolute atomic E-state index is 8.19. The lowest BCUT2D eigenvalue weighted by molar-refractivity contribution is 0.340. The third-order valence-corrected chi connectivity index (χ3v) is 1.92. The molecule has 3 heteroatoms. The van der Waals surface area contributed by atoms with E-state index in [9.17, 15) is 0 Å². The Morgan fingerprint density at radius 3 is 2.33 bits per heavy atom. The smallest absolute Gasteiger partial charge is 0.0752 e. The first-order valence-electron chi connectivity index (χ1n) is 1.37. The lowest BCUT2D eigenvalue weighted by Gasteiger charge is -1.80. The van der Waals surface area contributed by atoms with Crippen molar-refractivity contribution in [2.24, 2.45) is 0 Å². The Balaban J connectivity index is 3.22. The van der Waals surface area contributed by atoms with Crippen molar-refractivity contribution in [3.8, 4) is 0 Å². The zero-order chi connectivity index (χ0) is 4.99. The highest BCUT2D eigenvalue weighted by molar-refractivity contribution is 9.14. The van der Waals surface area contributed by atoms with E-state index in [4.69, 9.17) is 5.11 Å². The van der Waals surface area contributed by atoms with Crippen molar-refractivity contribution in [1.29, 1.82) is 0 Å². The molecule has 0 amide bonds.